The molecule has 6 atom stereocenters. The highest BCUT2D eigenvalue weighted by molar-refractivity contribution is 5.97. The number of nitrogens with one attached hydrogen (secondary N) is 6. The van der Waals surface area contributed by atoms with E-state index < -0.39 is 102 Å². The molecular weight excluding hydrogens is 614 g/mol. The monoisotopic (exact) mass is 659 g/mol. The maximum atomic E-state index is 13.1. The summed E-state index contributed by atoms with van der Waals surface area (Å²) in [6.45, 7) is 7.13. The third kappa shape index (κ3) is 16.3. The van der Waals surface area contributed by atoms with Crippen molar-refractivity contribution in [3.8, 4) is 0 Å². The first-order valence-electron chi connectivity index (χ1n) is 14.5. The molecule has 0 unspecified atom stereocenters. The fourth-order valence-corrected chi connectivity index (χ4v) is 3.75. The molecule has 0 rings (SSSR count). The average Bonchev–Trinajstić information content (AvgIpc) is 2.93. The normalized spacial score (nSPS) is 14.7. The fourth-order valence-electron chi connectivity index (χ4n) is 3.75. The number of carboxylic acids is 3. The van der Waals surface area contributed by atoms with Gasteiger partial charge in [0.15, 0.2) is 0 Å². The van der Waals surface area contributed by atoms with Crippen molar-refractivity contribution in [2.45, 2.75) is 103 Å². The third-order valence-corrected chi connectivity index (χ3v) is 6.26. The topological polar surface area (TPSA) is 313 Å². The molecule has 46 heavy (non-hydrogen) atoms. The van der Waals surface area contributed by atoms with E-state index in [4.69, 9.17) is 15.9 Å². The average molecular weight is 660 g/mol. The lowest BCUT2D eigenvalue weighted by atomic mass is 10.0. The summed E-state index contributed by atoms with van der Waals surface area (Å²) in [6.07, 6.45) is -1.68. The van der Waals surface area contributed by atoms with Gasteiger partial charge in [0.05, 0.1) is 6.42 Å². The van der Waals surface area contributed by atoms with Crippen LogP contribution in [-0.4, -0.2) is 111 Å². The minimum atomic E-state index is -1.67. The third-order valence-electron chi connectivity index (χ3n) is 6.26. The van der Waals surface area contributed by atoms with E-state index in [9.17, 15) is 48.3 Å². The Labute approximate surface area is 265 Å². The van der Waals surface area contributed by atoms with Crippen LogP contribution in [0.4, 0.5) is 0 Å². The lowest BCUT2D eigenvalue weighted by Gasteiger charge is -2.26. The Morgan fingerprint density at radius 1 is 0.543 bits per heavy atom. The Hall–Kier alpha value is -4.81. The van der Waals surface area contributed by atoms with Crippen LogP contribution in [0.1, 0.15) is 66.7 Å². The van der Waals surface area contributed by atoms with Crippen LogP contribution >= 0.6 is 0 Å². The molecule has 0 aromatic carbocycles. The van der Waals surface area contributed by atoms with Crippen LogP contribution in [0.25, 0.3) is 0 Å². The molecular formula is C27H45N7O12. The summed E-state index contributed by atoms with van der Waals surface area (Å²) >= 11 is 0. The predicted octanol–water partition coefficient (Wildman–Crippen LogP) is -3.23. The Balaban J connectivity index is 5.52. The first-order chi connectivity index (χ1) is 21.3. The fraction of sp³-hybridized carbons (Fsp3) is 0.667. The van der Waals surface area contributed by atoms with Crippen LogP contribution in [0.5, 0.6) is 0 Å². The van der Waals surface area contributed by atoms with Crippen LogP contribution in [-0.2, 0) is 43.2 Å². The number of carbonyl (C=O) groups is 9. The van der Waals surface area contributed by atoms with E-state index in [0.29, 0.717) is 0 Å². The number of hydrogen-bond donors (Lipinski definition) is 10. The standard InChI is InChI=1S/C27H45N7O12/c1-12(2)10-17(26(44)34-18(11-21(38)39)25(43)31-15(5)27(45)46)33-23(41)14(4)29-22(40)13(3)30-24(42)16(6-7-20(36)37)32-19(35)8-9-28/h12-18H,6-11,28H2,1-5H3,(H,29,40)(H,30,42)(H,31,43)(H,32,35)(H,33,41)(H,34,44)(H,36,37)(H,38,39)(H,45,46)/t13-,14+,15-,16+,17-,18+/m0/s1. The maximum Gasteiger partial charge on any atom is 0.325 e. The molecule has 11 N–H and O–H groups in total. The number of aliphatic carboxylic acids is 3. The molecule has 6 amide bonds. The molecule has 0 saturated heterocycles. The predicted molar refractivity (Wildman–Crippen MR) is 158 cm³/mol. The minimum absolute atomic E-state index is 0.0120. The highest BCUT2D eigenvalue weighted by Crippen LogP contribution is 2.07. The minimum Gasteiger partial charge on any atom is -0.481 e. The van der Waals surface area contributed by atoms with Crippen molar-refractivity contribution < 1.29 is 58.5 Å². The van der Waals surface area contributed by atoms with Crippen molar-refractivity contribution in [2.75, 3.05) is 6.54 Å². The van der Waals surface area contributed by atoms with Gasteiger partial charge in [0.1, 0.15) is 36.3 Å². The molecule has 0 aliphatic heterocycles. The molecule has 0 bridgehead atoms. The molecule has 0 aromatic rings. The summed E-state index contributed by atoms with van der Waals surface area (Å²) in [7, 11) is 0. The van der Waals surface area contributed by atoms with E-state index in [-0.39, 0.29) is 31.7 Å². The highest BCUT2D eigenvalue weighted by atomic mass is 16.4. The number of carboxylic acid groups (broad SMARTS) is 3. The van der Waals surface area contributed by atoms with Crippen molar-refractivity contribution in [3.05, 3.63) is 0 Å². The largest absolute Gasteiger partial charge is 0.481 e. The van der Waals surface area contributed by atoms with Gasteiger partial charge in [0.2, 0.25) is 35.4 Å². The lowest BCUT2D eigenvalue weighted by molar-refractivity contribution is -0.143. The Morgan fingerprint density at radius 3 is 1.48 bits per heavy atom. The van der Waals surface area contributed by atoms with Crippen LogP contribution in [0.15, 0.2) is 0 Å². The molecule has 0 radical (unpaired) electrons. The van der Waals surface area contributed by atoms with Crippen LogP contribution in [0, 0.1) is 5.92 Å². The van der Waals surface area contributed by atoms with Crippen LogP contribution in [0.3, 0.4) is 0 Å². The molecule has 0 aliphatic rings. The van der Waals surface area contributed by atoms with Crippen molar-refractivity contribution >= 4 is 53.4 Å². The van der Waals surface area contributed by atoms with Gasteiger partial charge in [-0.1, -0.05) is 13.8 Å². The summed E-state index contributed by atoms with van der Waals surface area (Å²) in [6, 6.07) is -8.14. The summed E-state index contributed by atoms with van der Waals surface area (Å²) < 4.78 is 0. The van der Waals surface area contributed by atoms with Gasteiger partial charge in [0, 0.05) is 19.4 Å². The van der Waals surface area contributed by atoms with Gasteiger partial charge >= 0.3 is 17.9 Å². The zero-order valence-electron chi connectivity index (χ0n) is 26.4. The summed E-state index contributed by atoms with van der Waals surface area (Å²) in [4.78, 5) is 109. The molecule has 19 heteroatoms. The van der Waals surface area contributed by atoms with Crippen molar-refractivity contribution in [3.63, 3.8) is 0 Å². The molecule has 260 valence electrons. The molecule has 0 aliphatic carbocycles. The lowest BCUT2D eigenvalue weighted by Crippen LogP contribution is -2.59. The number of nitrogens with two attached hydrogens (primary N) is 1. The Morgan fingerprint density at radius 2 is 1.00 bits per heavy atom. The van der Waals surface area contributed by atoms with E-state index in [2.05, 4.69) is 31.9 Å². The van der Waals surface area contributed by atoms with Gasteiger partial charge in [-0.15, -0.1) is 0 Å². The number of carbonyl (C=O) groups excluding carboxylic acids is 6. The second-order valence-electron chi connectivity index (χ2n) is 11.0. The number of rotatable bonds is 21. The first kappa shape index (κ1) is 41.2. The molecule has 0 spiro atoms. The summed E-state index contributed by atoms with van der Waals surface area (Å²) in [5.74, 6) is -9.39. The van der Waals surface area contributed by atoms with Gasteiger partial charge in [-0.05, 0) is 39.5 Å². The zero-order chi connectivity index (χ0) is 35.7. The highest BCUT2D eigenvalue weighted by Gasteiger charge is 2.32. The van der Waals surface area contributed by atoms with Gasteiger partial charge in [0.25, 0.3) is 0 Å². The van der Waals surface area contributed by atoms with E-state index in [1.165, 1.54) is 13.8 Å². The molecule has 0 aromatic heterocycles. The first-order valence-corrected chi connectivity index (χ1v) is 14.5. The molecule has 19 nitrogen and oxygen atoms in total. The van der Waals surface area contributed by atoms with Gasteiger partial charge in [-0.3, -0.25) is 43.2 Å². The quantitative estimate of drug-likeness (QED) is 0.0580. The second kappa shape index (κ2) is 20.3. The number of hydrogen-bond acceptors (Lipinski definition) is 10. The van der Waals surface area contributed by atoms with Gasteiger partial charge < -0.3 is 53.0 Å². The van der Waals surface area contributed by atoms with E-state index in [1.54, 1.807) is 13.8 Å². The van der Waals surface area contributed by atoms with Gasteiger partial charge in [-0.2, -0.15) is 0 Å². The van der Waals surface area contributed by atoms with Crippen molar-refractivity contribution in [1.29, 1.82) is 0 Å². The molecule has 0 heterocycles. The SMILES string of the molecule is CC(C)C[C@H](NC(=O)[C@@H](C)NC(=O)[C@H](C)NC(=O)[C@@H](CCC(=O)O)NC(=O)CCN)C(=O)N[C@H](CC(=O)O)C(=O)N[C@@H](C)C(=O)O. The van der Waals surface area contributed by atoms with Crippen LogP contribution < -0.4 is 37.6 Å². The van der Waals surface area contributed by atoms with Crippen molar-refractivity contribution in [2.24, 2.45) is 11.7 Å². The van der Waals surface area contributed by atoms with Crippen LogP contribution in [0.2, 0.25) is 0 Å². The number of amides is 6. The molecule has 0 saturated carbocycles. The maximum absolute atomic E-state index is 13.1. The van der Waals surface area contributed by atoms with E-state index in [1.807, 2.05) is 0 Å². The summed E-state index contributed by atoms with van der Waals surface area (Å²) in [5, 5.41) is 40.9. The zero-order valence-corrected chi connectivity index (χ0v) is 26.4. The smallest absolute Gasteiger partial charge is 0.325 e. The van der Waals surface area contributed by atoms with E-state index >= 15 is 0 Å². The molecule has 0 fully saturated rings. The summed E-state index contributed by atoms with van der Waals surface area (Å²) in [5.41, 5.74) is 5.32. The van der Waals surface area contributed by atoms with Crippen molar-refractivity contribution in [1.82, 2.24) is 31.9 Å². The van der Waals surface area contributed by atoms with E-state index in [0.717, 1.165) is 6.92 Å². The second-order valence-corrected chi connectivity index (χ2v) is 11.0. The Bertz CT molecular complexity index is 1150. The van der Waals surface area contributed by atoms with Gasteiger partial charge in [-0.25, -0.2) is 0 Å². The Kier molecular flexibility index (Phi) is 18.1.